The number of hydrogen-bond donors (Lipinski definition) is 2. The Hall–Kier alpha value is -2.40. The summed E-state index contributed by atoms with van der Waals surface area (Å²) < 4.78 is 5.80. The van der Waals surface area contributed by atoms with E-state index in [2.05, 4.69) is 28.0 Å². The van der Waals surface area contributed by atoms with E-state index in [4.69, 9.17) is 17.0 Å². The quantitative estimate of drug-likeness (QED) is 0.423. The van der Waals surface area contributed by atoms with Gasteiger partial charge in [0.15, 0.2) is 5.11 Å². The molecule has 0 bridgehead atoms. The van der Waals surface area contributed by atoms with E-state index in [-0.39, 0.29) is 0 Å². The van der Waals surface area contributed by atoms with Gasteiger partial charge in [0.05, 0.1) is 12.8 Å². The molecule has 0 heterocycles. The van der Waals surface area contributed by atoms with E-state index in [0.29, 0.717) is 17.8 Å². The maximum atomic E-state index is 5.80. The van der Waals surface area contributed by atoms with Crippen molar-refractivity contribution in [2.75, 3.05) is 6.61 Å². The van der Waals surface area contributed by atoms with E-state index in [1.165, 1.54) is 37.7 Å². The van der Waals surface area contributed by atoms with Crippen molar-refractivity contribution in [2.45, 2.75) is 44.6 Å². The lowest BCUT2D eigenvalue weighted by atomic mass is 9.96. The molecule has 0 saturated heterocycles. The van der Waals surface area contributed by atoms with E-state index in [1.807, 2.05) is 42.5 Å². The SMILES string of the molecule is S=C(N/N=C/c1ccc(OCCc2ccccc2)cc1)NC1CCCCC1. The zero-order valence-electron chi connectivity index (χ0n) is 15.6. The minimum atomic E-state index is 0.487. The molecule has 1 aliphatic carbocycles. The second-order valence-corrected chi connectivity index (χ2v) is 7.24. The van der Waals surface area contributed by atoms with Gasteiger partial charge in [-0.1, -0.05) is 49.6 Å². The first-order chi connectivity index (χ1) is 13.3. The molecule has 0 spiro atoms. The molecule has 0 amide bonds. The molecule has 0 radical (unpaired) electrons. The predicted octanol–water partition coefficient (Wildman–Crippen LogP) is 4.44. The average molecular weight is 382 g/mol. The Morgan fingerprint density at radius 3 is 2.52 bits per heavy atom. The zero-order valence-corrected chi connectivity index (χ0v) is 16.4. The Bertz CT molecular complexity index is 725. The molecule has 0 atom stereocenters. The van der Waals surface area contributed by atoms with Gasteiger partial charge in [0.25, 0.3) is 0 Å². The lowest BCUT2D eigenvalue weighted by Gasteiger charge is -2.23. The molecule has 3 rings (SSSR count). The maximum absolute atomic E-state index is 5.80. The van der Waals surface area contributed by atoms with Gasteiger partial charge in [0.1, 0.15) is 5.75 Å². The summed E-state index contributed by atoms with van der Waals surface area (Å²) in [6.45, 7) is 0.667. The Balaban J connectivity index is 1.37. The molecule has 4 nitrogen and oxygen atoms in total. The molecule has 0 aromatic heterocycles. The van der Waals surface area contributed by atoms with Crippen molar-refractivity contribution < 1.29 is 4.74 Å². The van der Waals surface area contributed by atoms with Crippen LogP contribution in [0.4, 0.5) is 0 Å². The number of ether oxygens (including phenoxy) is 1. The smallest absolute Gasteiger partial charge is 0.187 e. The summed E-state index contributed by atoms with van der Waals surface area (Å²) in [7, 11) is 0. The van der Waals surface area contributed by atoms with Crippen LogP contribution in [0.3, 0.4) is 0 Å². The topological polar surface area (TPSA) is 45.7 Å². The fourth-order valence-electron chi connectivity index (χ4n) is 3.21. The highest BCUT2D eigenvalue weighted by molar-refractivity contribution is 7.80. The van der Waals surface area contributed by atoms with Crippen LogP contribution < -0.4 is 15.5 Å². The lowest BCUT2D eigenvalue weighted by molar-refractivity contribution is 0.322. The van der Waals surface area contributed by atoms with Crippen molar-refractivity contribution in [3.8, 4) is 5.75 Å². The van der Waals surface area contributed by atoms with Gasteiger partial charge in [0, 0.05) is 12.5 Å². The second kappa shape index (κ2) is 10.7. The molecule has 0 aliphatic heterocycles. The zero-order chi connectivity index (χ0) is 18.7. The van der Waals surface area contributed by atoms with Crippen LogP contribution in [-0.2, 0) is 6.42 Å². The molecule has 1 saturated carbocycles. The van der Waals surface area contributed by atoms with E-state index < -0.39 is 0 Å². The summed E-state index contributed by atoms with van der Waals surface area (Å²) in [6.07, 6.45) is 8.95. The van der Waals surface area contributed by atoms with Gasteiger partial charge in [-0.3, -0.25) is 5.43 Å². The summed E-state index contributed by atoms with van der Waals surface area (Å²) in [5, 5.41) is 8.15. The second-order valence-electron chi connectivity index (χ2n) is 6.83. The Morgan fingerprint density at radius 2 is 1.78 bits per heavy atom. The summed E-state index contributed by atoms with van der Waals surface area (Å²) in [4.78, 5) is 0. The van der Waals surface area contributed by atoms with Crippen molar-refractivity contribution in [3.05, 3.63) is 65.7 Å². The Morgan fingerprint density at radius 1 is 1.04 bits per heavy atom. The van der Waals surface area contributed by atoms with Crippen molar-refractivity contribution in [1.82, 2.24) is 10.7 Å². The van der Waals surface area contributed by atoms with Crippen LogP contribution in [0.15, 0.2) is 59.7 Å². The molecular formula is C22H27N3OS. The fourth-order valence-corrected chi connectivity index (χ4v) is 3.43. The van der Waals surface area contributed by atoms with Crippen LogP contribution in [0, 0.1) is 0 Å². The molecule has 0 unspecified atom stereocenters. The highest BCUT2D eigenvalue weighted by Crippen LogP contribution is 2.17. The molecule has 142 valence electrons. The average Bonchev–Trinajstić information content (AvgIpc) is 2.71. The lowest BCUT2D eigenvalue weighted by Crippen LogP contribution is -2.40. The van der Waals surface area contributed by atoms with Crippen LogP contribution in [0.5, 0.6) is 5.75 Å². The molecule has 5 heteroatoms. The van der Waals surface area contributed by atoms with Gasteiger partial charge in [0.2, 0.25) is 0 Å². The third-order valence-corrected chi connectivity index (χ3v) is 4.91. The van der Waals surface area contributed by atoms with Gasteiger partial charge in [-0.15, -0.1) is 0 Å². The van der Waals surface area contributed by atoms with Crippen LogP contribution in [0.2, 0.25) is 0 Å². The third kappa shape index (κ3) is 7.02. The molecule has 2 aromatic carbocycles. The molecule has 27 heavy (non-hydrogen) atoms. The largest absolute Gasteiger partial charge is 0.493 e. The van der Waals surface area contributed by atoms with Gasteiger partial charge < -0.3 is 10.1 Å². The first-order valence-corrected chi connectivity index (χ1v) is 10.1. The van der Waals surface area contributed by atoms with Crippen molar-refractivity contribution >= 4 is 23.5 Å². The summed E-state index contributed by atoms with van der Waals surface area (Å²) >= 11 is 5.30. The van der Waals surface area contributed by atoms with Crippen LogP contribution in [0.25, 0.3) is 0 Å². The fraction of sp³-hybridized carbons (Fsp3) is 0.364. The first kappa shape index (κ1) is 19.4. The number of nitrogens with zero attached hydrogens (tertiary/aromatic N) is 1. The standard InChI is InChI=1S/C22H27N3OS/c27-22(24-20-9-5-2-6-10-20)25-23-17-19-11-13-21(14-12-19)26-16-15-18-7-3-1-4-8-18/h1,3-4,7-8,11-14,17,20H,2,5-6,9-10,15-16H2,(H2,24,25,27)/b23-17+. The van der Waals surface area contributed by atoms with Gasteiger partial charge in [-0.2, -0.15) is 5.10 Å². The summed E-state index contributed by atoms with van der Waals surface area (Å²) in [5.74, 6) is 0.866. The van der Waals surface area contributed by atoms with E-state index in [1.54, 1.807) is 6.21 Å². The van der Waals surface area contributed by atoms with Crippen LogP contribution in [0.1, 0.15) is 43.2 Å². The Labute approximate surface area is 167 Å². The van der Waals surface area contributed by atoms with Gasteiger partial charge in [-0.05, 0) is 60.5 Å². The van der Waals surface area contributed by atoms with Crippen molar-refractivity contribution in [1.29, 1.82) is 0 Å². The third-order valence-electron chi connectivity index (χ3n) is 4.70. The molecule has 1 aliphatic rings. The Kier molecular flexibility index (Phi) is 7.66. The number of hydrogen-bond acceptors (Lipinski definition) is 3. The van der Waals surface area contributed by atoms with Gasteiger partial charge >= 0.3 is 0 Å². The molecular weight excluding hydrogens is 354 g/mol. The highest BCUT2D eigenvalue weighted by Gasteiger charge is 2.13. The normalized spacial score (nSPS) is 14.8. The van der Waals surface area contributed by atoms with Crippen molar-refractivity contribution in [2.24, 2.45) is 5.10 Å². The number of rotatable bonds is 7. The minimum absolute atomic E-state index is 0.487. The maximum Gasteiger partial charge on any atom is 0.187 e. The highest BCUT2D eigenvalue weighted by atomic mass is 32.1. The summed E-state index contributed by atoms with van der Waals surface area (Å²) in [5.41, 5.74) is 5.19. The van der Waals surface area contributed by atoms with E-state index >= 15 is 0 Å². The molecule has 2 N–H and O–H groups in total. The van der Waals surface area contributed by atoms with Crippen LogP contribution in [-0.4, -0.2) is 24.0 Å². The predicted molar refractivity (Wildman–Crippen MR) is 115 cm³/mol. The number of thiocarbonyl (C=S) groups is 1. The summed E-state index contributed by atoms with van der Waals surface area (Å²) in [6, 6.07) is 18.7. The van der Waals surface area contributed by atoms with E-state index in [0.717, 1.165) is 17.7 Å². The first-order valence-electron chi connectivity index (χ1n) is 9.66. The number of nitrogens with one attached hydrogen (secondary N) is 2. The van der Waals surface area contributed by atoms with E-state index in [9.17, 15) is 0 Å². The monoisotopic (exact) mass is 381 g/mol. The van der Waals surface area contributed by atoms with Crippen molar-refractivity contribution in [3.63, 3.8) is 0 Å². The molecule has 2 aromatic rings. The molecule has 1 fully saturated rings. The number of hydrazone groups is 1. The minimum Gasteiger partial charge on any atom is -0.493 e. The van der Waals surface area contributed by atoms with Crippen LogP contribution >= 0.6 is 12.2 Å². The van der Waals surface area contributed by atoms with Gasteiger partial charge in [-0.25, -0.2) is 0 Å². The number of benzene rings is 2.